The Labute approximate surface area is 150 Å². The van der Waals surface area contributed by atoms with Crippen molar-refractivity contribution in [1.29, 1.82) is 0 Å². The van der Waals surface area contributed by atoms with E-state index in [-0.39, 0.29) is 37.5 Å². The number of hydrogen-bond donors (Lipinski definition) is 2. The van der Waals surface area contributed by atoms with Crippen LogP contribution in [0.2, 0.25) is 0 Å². The number of aliphatic hydroxyl groups excluding tert-OH is 1. The standard InChI is InChI=1S/C18H15F6NO2/c19-11-1-9(2-12(20)15(11)23)17(25-5-18(6-26)7-27-8-18)10-3-13(21)16(24)14(22)4-10/h1-4,17,25-26H,5-8H2. The van der Waals surface area contributed by atoms with E-state index in [0.717, 1.165) is 0 Å². The molecule has 0 amide bonds. The number of benzene rings is 2. The monoisotopic (exact) mass is 391 g/mol. The van der Waals surface area contributed by atoms with Crippen LogP contribution in [0.1, 0.15) is 17.2 Å². The van der Waals surface area contributed by atoms with Crippen LogP contribution >= 0.6 is 0 Å². The maximum absolute atomic E-state index is 13.6. The lowest BCUT2D eigenvalue weighted by Gasteiger charge is -2.41. The average molecular weight is 391 g/mol. The smallest absolute Gasteiger partial charge is 0.194 e. The molecule has 0 atom stereocenters. The van der Waals surface area contributed by atoms with Crippen LogP contribution in [0.5, 0.6) is 0 Å². The van der Waals surface area contributed by atoms with Crippen LogP contribution in [0.25, 0.3) is 0 Å². The van der Waals surface area contributed by atoms with Crippen molar-refractivity contribution in [3.8, 4) is 0 Å². The van der Waals surface area contributed by atoms with Gasteiger partial charge in [0.2, 0.25) is 0 Å². The third kappa shape index (κ3) is 3.80. The van der Waals surface area contributed by atoms with Crippen molar-refractivity contribution in [3.05, 3.63) is 70.3 Å². The molecule has 0 radical (unpaired) electrons. The molecule has 1 heterocycles. The van der Waals surface area contributed by atoms with Gasteiger partial charge in [0.1, 0.15) is 0 Å². The van der Waals surface area contributed by atoms with Gasteiger partial charge in [0, 0.05) is 6.54 Å². The molecule has 3 nitrogen and oxygen atoms in total. The minimum Gasteiger partial charge on any atom is -0.396 e. The first-order chi connectivity index (χ1) is 12.8. The molecule has 2 aromatic carbocycles. The third-order valence-corrected chi connectivity index (χ3v) is 4.51. The molecular weight excluding hydrogens is 376 g/mol. The SMILES string of the molecule is OCC1(CNC(c2cc(F)c(F)c(F)c2)c2cc(F)c(F)c(F)c2)COC1. The van der Waals surface area contributed by atoms with Crippen molar-refractivity contribution >= 4 is 0 Å². The van der Waals surface area contributed by atoms with E-state index < -0.39 is 46.4 Å². The molecule has 0 aromatic heterocycles. The minimum atomic E-state index is -1.69. The summed E-state index contributed by atoms with van der Waals surface area (Å²) in [4.78, 5) is 0. The third-order valence-electron chi connectivity index (χ3n) is 4.51. The van der Waals surface area contributed by atoms with Gasteiger partial charge < -0.3 is 15.2 Å². The summed E-state index contributed by atoms with van der Waals surface area (Å²) < 4.78 is 86.1. The molecule has 1 saturated heterocycles. The molecule has 2 N–H and O–H groups in total. The Morgan fingerprint density at radius 1 is 0.852 bits per heavy atom. The second-order valence-electron chi connectivity index (χ2n) is 6.56. The molecule has 2 aromatic rings. The van der Waals surface area contributed by atoms with E-state index in [2.05, 4.69) is 5.32 Å². The summed E-state index contributed by atoms with van der Waals surface area (Å²) in [6.45, 7) is 0.226. The van der Waals surface area contributed by atoms with Gasteiger partial charge in [0.15, 0.2) is 34.9 Å². The number of hydrogen-bond acceptors (Lipinski definition) is 3. The highest BCUT2D eigenvalue weighted by atomic mass is 19.2. The summed E-state index contributed by atoms with van der Waals surface area (Å²) >= 11 is 0. The molecule has 0 aliphatic carbocycles. The summed E-state index contributed by atoms with van der Waals surface area (Å²) in [6.07, 6.45) is 0. The zero-order valence-electron chi connectivity index (χ0n) is 13.8. The van der Waals surface area contributed by atoms with Crippen LogP contribution in [-0.4, -0.2) is 31.5 Å². The lowest BCUT2D eigenvalue weighted by molar-refractivity contribution is -0.134. The van der Waals surface area contributed by atoms with Crippen molar-refractivity contribution in [2.24, 2.45) is 5.41 Å². The van der Waals surface area contributed by atoms with Crippen LogP contribution < -0.4 is 5.32 Å². The van der Waals surface area contributed by atoms with Gasteiger partial charge in [0.05, 0.1) is 31.3 Å². The van der Waals surface area contributed by atoms with Crippen molar-refractivity contribution in [2.45, 2.75) is 6.04 Å². The molecule has 3 rings (SSSR count). The fourth-order valence-electron chi connectivity index (χ4n) is 2.87. The van der Waals surface area contributed by atoms with Gasteiger partial charge in [-0.05, 0) is 35.4 Å². The molecule has 1 aliphatic heterocycles. The van der Waals surface area contributed by atoms with Crippen molar-refractivity contribution in [2.75, 3.05) is 26.4 Å². The van der Waals surface area contributed by atoms with Gasteiger partial charge in [-0.1, -0.05) is 0 Å². The summed E-state index contributed by atoms with van der Waals surface area (Å²) in [6, 6.07) is 1.52. The second-order valence-corrected chi connectivity index (χ2v) is 6.56. The van der Waals surface area contributed by atoms with E-state index in [0.29, 0.717) is 24.3 Å². The van der Waals surface area contributed by atoms with E-state index in [4.69, 9.17) is 4.74 Å². The fraction of sp³-hybridized carbons (Fsp3) is 0.333. The summed E-state index contributed by atoms with van der Waals surface area (Å²) in [5.74, 6) is -9.30. The Balaban J connectivity index is 2.01. The minimum absolute atomic E-state index is 0.0649. The molecule has 0 bridgehead atoms. The Morgan fingerprint density at radius 3 is 1.56 bits per heavy atom. The molecule has 0 unspecified atom stereocenters. The van der Waals surface area contributed by atoms with Crippen LogP contribution in [0, 0.1) is 40.3 Å². The van der Waals surface area contributed by atoms with E-state index in [1.54, 1.807) is 0 Å². The largest absolute Gasteiger partial charge is 0.396 e. The zero-order valence-corrected chi connectivity index (χ0v) is 13.8. The van der Waals surface area contributed by atoms with Gasteiger partial charge in [0.25, 0.3) is 0 Å². The highest BCUT2D eigenvalue weighted by Gasteiger charge is 2.38. The molecule has 1 fully saturated rings. The molecule has 1 aliphatic rings. The van der Waals surface area contributed by atoms with Crippen LogP contribution in [0.4, 0.5) is 26.3 Å². The molecule has 27 heavy (non-hydrogen) atoms. The summed E-state index contributed by atoms with van der Waals surface area (Å²) in [5, 5.41) is 12.3. The number of rotatable bonds is 6. The van der Waals surface area contributed by atoms with Gasteiger partial charge in [-0.3, -0.25) is 0 Å². The highest BCUT2D eigenvalue weighted by Crippen LogP contribution is 2.31. The normalized spacial score (nSPS) is 15.9. The van der Waals surface area contributed by atoms with E-state index >= 15 is 0 Å². The van der Waals surface area contributed by atoms with Crippen molar-refractivity contribution < 1.29 is 36.2 Å². The quantitative estimate of drug-likeness (QED) is 0.587. The number of aliphatic hydroxyl groups is 1. The van der Waals surface area contributed by atoms with Crippen LogP contribution in [0.3, 0.4) is 0 Å². The van der Waals surface area contributed by atoms with E-state index in [1.807, 2.05) is 0 Å². The topological polar surface area (TPSA) is 41.5 Å². The molecule has 0 saturated carbocycles. The number of halogens is 6. The van der Waals surface area contributed by atoms with Gasteiger partial charge in [-0.2, -0.15) is 0 Å². The van der Waals surface area contributed by atoms with Crippen molar-refractivity contribution in [1.82, 2.24) is 5.32 Å². The summed E-state index contributed by atoms with van der Waals surface area (Å²) in [7, 11) is 0. The molecule has 146 valence electrons. The Kier molecular flexibility index (Phi) is 5.45. The molecular formula is C18H15F6NO2. The number of nitrogens with one attached hydrogen (secondary N) is 1. The maximum Gasteiger partial charge on any atom is 0.194 e. The van der Waals surface area contributed by atoms with Gasteiger partial charge in [-0.15, -0.1) is 0 Å². The van der Waals surface area contributed by atoms with Crippen molar-refractivity contribution in [3.63, 3.8) is 0 Å². The van der Waals surface area contributed by atoms with Gasteiger partial charge >= 0.3 is 0 Å². The first-order valence-electron chi connectivity index (χ1n) is 7.97. The molecule has 9 heteroatoms. The van der Waals surface area contributed by atoms with E-state index in [9.17, 15) is 31.4 Å². The van der Waals surface area contributed by atoms with Gasteiger partial charge in [-0.25, -0.2) is 26.3 Å². The van der Waals surface area contributed by atoms with Crippen LogP contribution in [0.15, 0.2) is 24.3 Å². The Hall–Kier alpha value is -2.10. The fourth-order valence-corrected chi connectivity index (χ4v) is 2.87. The maximum atomic E-state index is 13.6. The number of ether oxygens (including phenoxy) is 1. The van der Waals surface area contributed by atoms with E-state index in [1.165, 1.54) is 0 Å². The predicted octanol–water partition coefficient (Wildman–Crippen LogP) is 3.21. The predicted molar refractivity (Wildman–Crippen MR) is 82.8 cm³/mol. The second kappa shape index (κ2) is 7.49. The Morgan fingerprint density at radius 2 is 1.26 bits per heavy atom. The lowest BCUT2D eigenvalue weighted by atomic mass is 9.86. The zero-order chi connectivity index (χ0) is 19.8. The summed E-state index contributed by atoms with van der Waals surface area (Å²) in [5.41, 5.74) is -0.998. The average Bonchev–Trinajstić information content (AvgIpc) is 2.59. The van der Waals surface area contributed by atoms with Crippen LogP contribution in [-0.2, 0) is 4.74 Å². The Bertz CT molecular complexity index is 747. The highest BCUT2D eigenvalue weighted by molar-refractivity contribution is 5.34. The lowest BCUT2D eigenvalue weighted by Crippen LogP contribution is -2.52. The molecule has 0 spiro atoms. The first kappa shape index (κ1) is 19.7. The first-order valence-corrected chi connectivity index (χ1v) is 7.97.